The Morgan fingerprint density at radius 3 is 2.71 bits per heavy atom. The first-order chi connectivity index (χ1) is 6.65. The van der Waals surface area contributed by atoms with Crippen molar-refractivity contribution in [3.05, 3.63) is 12.2 Å². The number of ether oxygens (including phenoxy) is 2. The minimum absolute atomic E-state index is 0.290. The Labute approximate surface area is 85.1 Å². The Morgan fingerprint density at radius 1 is 1.71 bits per heavy atom. The van der Waals surface area contributed by atoms with E-state index in [9.17, 15) is 4.79 Å². The molecule has 1 aliphatic rings. The third kappa shape index (κ3) is 2.84. The highest BCUT2D eigenvalue weighted by atomic mass is 16.5. The first kappa shape index (κ1) is 11.2. The quantitative estimate of drug-likeness (QED) is 0.500. The van der Waals surface area contributed by atoms with Crippen LogP contribution in [0.2, 0.25) is 0 Å². The summed E-state index contributed by atoms with van der Waals surface area (Å²) in [4.78, 5) is 11.1. The molecule has 0 aromatic rings. The second-order valence-electron chi connectivity index (χ2n) is 3.75. The highest BCUT2D eigenvalue weighted by Crippen LogP contribution is 2.23. The van der Waals surface area contributed by atoms with Crippen LogP contribution in [0.4, 0.5) is 0 Å². The molecule has 2 atom stereocenters. The molecular formula is C11H18O3. The van der Waals surface area contributed by atoms with Crippen molar-refractivity contribution in [2.45, 2.75) is 32.8 Å². The molecule has 0 aromatic heterocycles. The Kier molecular flexibility index (Phi) is 4.14. The van der Waals surface area contributed by atoms with Crippen LogP contribution in [0, 0.1) is 5.92 Å². The maximum absolute atomic E-state index is 11.1. The van der Waals surface area contributed by atoms with Gasteiger partial charge in [-0.05, 0) is 19.8 Å². The van der Waals surface area contributed by atoms with Gasteiger partial charge in [-0.15, -0.1) is 0 Å². The minimum atomic E-state index is -0.303. The fourth-order valence-corrected chi connectivity index (χ4v) is 1.42. The standard InChI is InChI=1S/C11H18O3/c1-4-9(10-5-6-13-10)7-14-11(12)8(2)3/h9-10H,2,4-7H2,1,3H3. The molecule has 80 valence electrons. The van der Waals surface area contributed by atoms with E-state index in [1.165, 1.54) is 0 Å². The molecule has 1 fully saturated rings. The van der Waals surface area contributed by atoms with Crippen LogP contribution in [0.3, 0.4) is 0 Å². The molecule has 0 N–H and O–H groups in total. The van der Waals surface area contributed by atoms with E-state index in [4.69, 9.17) is 9.47 Å². The van der Waals surface area contributed by atoms with Gasteiger partial charge in [-0.2, -0.15) is 0 Å². The van der Waals surface area contributed by atoms with Crippen molar-refractivity contribution < 1.29 is 14.3 Å². The number of carbonyl (C=O) groups excluding carboxylic acids is 1. The lowest BCUT2D eigenvalue weighted by atomic mass is 9.95. The summed E-state index contributed by atoms with van der Waals surface area (Å²) in [7, 11) is 0. The zero-order valence-electron chi connectivity index (χ0n) is 8.91. The fourth-order valence-electron chi connectivity index (χ4n) is 1.42. The van der Waals surface area contributed by atoms with Gasteiger partial charge in [-0.25, -0.2) is 4.79 Å². The van der Waals surface area contributed by atoms with Gasteiger partial charge in [-0.1, -0.05) is 13.5 Å². The minimum Gasteiger partial charge on any atom is -0.462 e. The topological polar surface area (TPSA) is 35.5 Å². The molecule has 0 saturated carbocycles. The van der Waals surface area contributed by atoms with E-state index in [0.29, 0.717) is 18.1 Å². The average Bonchev–Trinajstić information content (AvgIpc) is 2.07. The van der Waals surface area contributed by atoms with Crippen molar-refractivity contribution in [1.29, 1.82) is 0 Å². The normalized spacial score (nSPS) is 22.3. The molecule has 0 amide bonds. The average molecular weight is 198 g/mol. The molecule has 0 aliphatic carbocycles. The molecular weight excluding hydrogens is 180 g/mol. The van der Waals surface area contributed by atoms with E-state index in [1.807, 2.05) is 0 Å². The van der Waals surface area contributed by atoms with Crippen LogP contribution in [0.25, 0.3) is 0 Å². The Hall–Kier alpha value is -0.830. The predicted octanol–water partition coefficient (Wildman–Crippen LogP) is 1.92. The maximum Gasteiger partial charge on any atom is 0.333 e. The number of carbonyl (C=O) groups is 1. The van der Waals surface area contributed by atoms with Gasteiger partial charge in [0.1, 0.15) is 0 Å². The molecule has 2 unspecified atom stereocenters. The Balaban J connectivity index is 2.26. The smallest absolute Gasteiger partial charge is 0.333 e. The molecule has 1 saturated heterocycles. The van der Waals surface area contributed by atoms with Crippen LogP contribution in [-0.4, -0.2) is 25.3 Å². The zero-order valence-corrected chi connectivity index (χ0v) is 8.91. The fraction of sp³-hybridized carbons (Fsp3) is 0.727. The van der Waals surface area contributed by atoms with Crippen LogP contribution in [0.1, 0.15) is 26.7 Å². The van der Waals surface area contributed by atoms with E-state index in [1.54, 1.807) is 6.92 Å². The van der Waals surface area contributed by atoms with Gasteiger partial charge in [0.2, 0.25) is 0 Å². The van der Waals surface area contributed by atoms with Crippen LogP contribution >= 0.6 is 0 Å². The first-order valence-electron chi connectivity index (χ1n) is 5.09. The molecule has 3 heteroatoms. The van der Waals surface area contributed by atoms with Crippen LogP contribution in [0.15, 0.2) is 12.2 Å². The molecule has 3 nitrogen and oxygen atoms in total. The number of hydrogen-bond donors (Lipinski definition) is 0. The van der Waals surface area contributed by atoms with E-state index in [-0.39, 0.29) is 12.1 Å². The van der Waals surface area contributed by atoms with Crippen molar-refractivity contribution in [2.75, 3.05) is 13.2 Å². The zero-order chi connectivity index (χ0) is 10.6. The third-order valence-corrected chi connectivity index (χ3v) is 2.56. The summed E-state index contributed by atoms with van der Waals surface area (Å²) in [6.45, 7) is 8.57. The SMILES string of the molecule is C=C(C)C(=O)OCC(CC)C1CCO1. The van der Waals surface area contributed by atoms with Crippen LogP contribution < -0.4 is 0 Å². The molecule has 0 spiro atoms. The summed E-state index contributed by atoms with van der Waals surface area (Å²) < 4.78 is 10.5. The number of esters is 1. The summed E-state index contributed by atoms with van der Waals surface area (Å²) in [6.07, 6.45) is 2.36. The van der Waals surface area contributed by atoms with Crippen molar-refractivity contribution >= 4 is 5.97 Å². The molecule has 0 bridgehead atoms. The van der Waals surface area contributed by atoms with Crippen molar-refractivity contribution in [1.82, 2.24) is 0 Å². The van der Waals surface area contributed by atoms with Gasteiger partial charge in [0.05, 0.1) is 12.7 Å². The van der Waals surface area contributed by atoms with Gasteiger partial charge < -0.3 is 9.47 Å². The second kappa shape index (κ2) is 5.15. The second-order valence-corrected chi connectivity index (χ2v) is 3.75. The van der Waals surface area contributed by atoms with E-state index in [0.717, 1.165) is 19.4 Å². The summed E-state index contributed by atoms with van der Waals surface area (Å²) in [5, 5.41) is 0. The molecule has 0 radical (unpaired) electrons. The third-order valence-electron chi connectivity index (χ3n) is 2.56. The van der Waals surface area contributed by atoms with Crippen molar-refractivity contribution in [3.8, 4) is 0 Å². The lowest BCUT2D eigenvalue weighted by Crippen LogP contribution is -2.37. The van der Waals surface area contributed by atoms with Crippen LogP contribution in [-0.2, 0) is 14.3 Å². The Morgan fingerprint density at radius 2 is 2.36 bits per heavy atom. The largest absolute Gasteiger partial charge is 0.462 e. The number of rotatable bonds is 5. The monoisotopic (exact) mass is 198 g/mol. The van der Waals surface area contributed by atoms with Gasteiger partial charge in [-0.3, -0.25) is 0 Å². The highest BCUT2D eigenvalue weighted by molar-refractivity contribution is 5.86. The summed E-state index contributed by atoms with van der Waals surface area (Å²) in [5.41, 5.74) is 0.453. The summed E-state index contributed by atoms with van der Waals surface area (Å²) in [5.74, 6) is 0.0369. The molecule has 1 aliphatic heterocycles. The maximum atomic E-state index is 11.1. The van der Waals surface area contributed by atoms with Crippen LogP contribution in [0.5, 0.6) is 0 Å². The molecule has 0 aromatic carbocycles. The van der Waals surface area contributed by atoms with E-state index >= 15 is 0 Å². The molecule has 1 heterocycles. The van der Waals surface area contributed by atoms with Crippen molar-refractivity contribution in [3.63, 3.8) is 0 Å². The van der Waals surface area contributed by atoms with E-state index < -0.39 is 0 Å². The number of hydrogen-bond acceptors (Lipinski definition) is 3. The van der Waals surface area contributed by atoms with Gasteiger partial charge >= 0.3 is 5.97 Å². The van der Waals surface area contributed by atoms with Gasteiger partial charge in [0, 0.05) is 18.1 Å². The summed E-state index contributed by atoms with van der Waals surface area (Å²) in [6, 6.07) is 0. The Bertz CT molecular complexity index is 219. The summed E-state index contributed by atoms with van der Waals surface area (Å²) >= 11 is 0. The molecule has 1 rings (SSSR count). The first-order valence-corrected chi connectivity index (χ1v) is 5.09. The lowest BCUT2D eigenvalue weighted by molar-refractivity contribution is -0.146. The lowest BCUT2D eigenvalue weighted by Gasteiger charge is -2.33. The predicted molar refractivity (Wildman–Crippen MR) is 53.9 cm³/mol. The van der Waals surface area contributed by atoms with Crippen molar-refractivity contribution in [2.24, 2.45) is 5.92 Å². The van der Waals surface area contributed by atoms with E-state index in [2.05, 4.69) is 13.5 Å². The molecule has 14 heavy (non-hydrogen) atoms. The van der Waals surface area contributed by atoms with Gasteiger partial charge in [0.15, 0.2) is 0 Å². The van der Waals surface area contributed by atoms with Gasteiger partial charge in [0.25, 0.3) is 0 Å². The highest BCUT2D eigenvalue weighted by Gasteiger charge is 2.27.